The molecular formula is C13H14F2N2O3. The Bertz CT molecular complexity index is 501. The van der Waals surface area contributed by atoms with E-state index in [2.05, 4.69) is 21.3 Å². The average Bonchev–Trinajstić information content (AvgIpc) is 2.38. The van der Waals surface area contributed by atoms with Gasteiger partial charge in [0.25, 0.3) is 0 Å². The molecule has 0 aliphatic rings. The second-order valence-electron chi connectivity index (χ2n) is 3.60. The number of benzene rings is 1. The van der Waals surface area contributed by atoms with Gasteiger partial charge in [-0.2, -0.15) is 8.78 Å². The monoisotopic (exact) mass is 284 g/mol. The van der Waals surface area contributed by atoms with Crippen molar-refractivity contribution < 1.29 is 23.0 Å². The molecule has 0 aliphatic carbocycles. The van der Waals surface area contributed by atoms with E-state index in [1.807, 2.05) is 0 Å². The maximum Gasteiger partial charge on any atom is 0.387 e. The number of methoxy groups -OCH3 is 1. The van der Waals surface area contributed by atoms with Crippen LogP contribution < -0.4 is 20.1 Å². The zero-order valence-corrected chi connectivity index (χ0v) is 10.8. The van der Waals surface area contributed by atoms with Crippen LogP contribution in [-0.2, 0) is 4.79 Å². The van der Waals surface area contributed by atoms with Crippen molar-refractivity contribution in [3.05, 3.63) is 18.2 Å². The largest absolute Gasteiger partial charge is 0.493 e. The van der Waals surface area contributed by atoms with Crippen molar-refractivity contribution in [3.63, 3.8) is 0 Å². The first kappa shape index (κ1) is 15.7. The predicted molar refractivity (Wildman–Crippen MR) is 70.0 cm³/mol. The van der Waals surface area contributed by atoms with Crippen molar-refractivity contribution in [1.82, 2.24) is 5.32 Å². The van der Waals surface area contributed by atoms with Gasteiger partial charge in [0.05, 0.1) is 20.2 Å². The summed E-state index contributed by atoms with van der Waals surface area (Å²) in [7, 11) is 1.33. The standard InChI is InChI=1S/C13H14F2N2O3/c1-3-6-16-8-12(18)17-9-4-5-10(19-2)11(7-9)20-13(14)15/h1,4-5,7,13,16H,6,8H2,2H3,(H,17,18). The Morgan fingerprint density at radius 1 is 1.45 bits per heavy atom. The van der Waals surface area contributed by atoms with Gasteiger partial charge >= 0.3 is 6.61 Å². The third kappa shape index (κ3) is 5.12. The highest BCUT2D eigenvalue weighted by molar-refractivity contribution is 5.92. The van der Waals surface area contributed by atoms with Crippen molar-refractivity contribution in [1.29, 1.82) is 0 Å². The smallest absolute Gasteiger partial charge is 0.387 e. The molecule has 1 aromatic carbocycles. The highest BCUT2D eigenvalue weighted by Gasteiger charge is 2.12. The van der Waals surface area contributed by atoms with Crippen molar-refractivity contribution in [2.75, 3.05) is 25.5 Å². The number of alkyl halides is 2. The molecule has 0 saturated carbocycles. The maximum atomic E-state index is 12.2. The lowest BCUT2D eigenvalue weighted by molar-refractivity contribution is -0.115. The average molecular weight is 284 g/mol. The summed E-state index contributed by atoms with van der Waals surface area (Å²) in [5, 5.41) is 5.22. The summed E-state index contributed by atoms with van der Waals surface area (Å²) in [5.41, 5.74) is 0.314. The normalized spacial score (nSPS) is 9.95. The predicted octanol–water partition coefficient (Wildman–Crippen LogP) is 1.46. The summed E-state index contributed by atoms with van der Waals surface area (Å²) in [4.78, 5) is 11.5. The van der Waals surface area contributed by atoms with Crippen LogP contribution >= 0.6 is 0 Å². The third-order valence-corrected chi connectivity index (χ3v) is 2.18. The molecule has 0 atom stereocenters. The van der Waals surface area contributed by atoms with Gasteiger partial charge in [-0.25, -0.2) is 0 Å². The Labute approximate surface area is 115 Å². The number of anilines is 1. The number of nitrogens with one attached hydrogen (secondary N) is 2. The van der Waals surface area contributed by atoms with Gasteiger partial charge in [-0.1, -0.05) is 5.92 Å². The SMILES string of the molecule is C#CCNCC(=O)Nc1ccc(OC)c(OC(F)F)c1. The number of rotatable bonds is 7. The number of carbonyl (C=O) groups excluding carboxylic acids is 1. The topological polar surface area (TPSA) is 59.6 Å². The van der Waals surface area contributed by atoms with Crippen LogP contribution in [-0.4, -0.2) is 32.7 Å². The van der Waals surface area contributed by atoms with Crippen LogP contribution in [0.2, 0.25) is 0 Å². The van der Waals surface area contributed by atoms with Crippen LogP contribution in [0.25, 0.3) is 0 Å². The summed E-state index contributed by atoms with van der Waals surface area (Å²) in [6.45, 7) is -2.70. The zero-order valence-electron chi connectivity index (χ0n) is 10.8. The number of amides is 1. The lowest BCUT2D eigenvalue weighted by Gasteiger charge is -2.12. The van der Waals surface area contributed by atoms with Gasteiger partial charge in [-0.15, -0.1) is 6.42 Å². The lowest BCUT2D eigenvalue weighted by Crippen LogP contribution is -2.28. The van der Waals surface area contributed by atoms with Crippen molar-refractivity contribution in [3.8, 4) is 23.8 Å². The molecule has 0 aliphatic heterocycles. The molecule has 1 rings (SSSR count). The maximum absolute atomic E-state index is 12.2. The molecule has 0 unspecified atom stereocenters. The molecule has 1 amide bonds. The van der Waals surface area contributed by atoms with Crippen LogP contribution in [0.4, 0.5) is 14.5 Å². The minimum atomic E-state index is -2.98. The Morgan fingerprint density at radius 3 is 2.80 bits per heavy atom. The van der Waals surface area contributed by atoms with E-state index >= 15 is 0 Å². The fourth-order valence-electron chi connectivity index (χ4n) is 1.40. The van der Waals surface area contributed by atoms with E-state index < -0.39 is 6.61 Å². The first-order valence-electron chi connectivity index (χ1n) is 5.63. The zero-order chi connectivity index (χ0) is 15.0. The first-order chi connectivity index (χ1) is 9.56. The number of carbonyl (C=O) groups is 1. The Kier molecular flexibility index (Phi) is 6.26. The highest BCUT2D eigenvalue weighted by Crippen LogP contribution is 2.31. The fourth-order valence-corrected chi connectivity index (χ4v) is 1.40. The molecule has 0 bridgehead atoms. The highest BCUT2D eigenvalue weighted by atomic mass is 19.3. The summed E-state index contributed by atoms with van der Waals surface area (Å²) >= 11 is 0. The molecule has 5 nitrogen and oxygen atoms in total. The van der Waals surface area contributed by atoms with Gasteiger partial charge < -0.3 is 14.8 Å². The lowest BCUT2D eigenvalue weighted by atomic mass is 10.2. The molecule has 0 fully saturated rings. The molecule has 108 valence electrons. The van der Waals surface area contributed by atoms with E-state index in [1.54, 1.807) is 0 Å². The van der Waals surface area contributed by atoms with Crippen LogP contribution in [0.5, 0.6) is 11.5 Å². The number of hydrogen-bond donors (Lipinski definition) is 2. The van der Waals surface area contributed by atoms with Gasteiger partial charge in [0.15, 0.2) is 11.5 Å². The number of halogens is 2. The van der Waals surface area contributed by atoms with E-state index in [-0.39, 0.29) is 30.5 Å². The molecule has 0 aromatic heterocycles. The number of terminal acetylenes is 1. The van der Waals surface area contributed by atoms with Crippen molar-refractivity contribution >= 4 is 11.6 Å². The summed E-state index contributed by atoms with van der Waals surface area (Å²) in [6, 6.07) is 4.18. The summed E-state index contributed by atoms with van der Waals surface area (Å²) < 4.78 is 33.7. The van der Waals surface area contributed by atoms with Gasteiger partial charge in [-0.3, -0.25) is 10.1 Å². The van der Waals surface area contributed by atoms with Crippen molar-refractivity contribution in [2.45, 2.75) is 6.61 Å². The summed E-state index contributed by atoms with van der Waals surface area (Å²) in [6.07, 6.45) is 5.02. The molecule has 0 radical (unpaired) electrons. The van der Waals surface area contributed by atoms with E-state index in [9.17, 15) is 13.6 Å². The van der Waals surface area contributed by atoms with Gasteiger partial charge in [0.2, 0.25) is 5.91 Å². The second kappa shape index (κ2) is 7.96. The van der Waals surface area contributed by atoms with Gasteiger partial charge in [0, 0.05) is 11.8 Å². The molecule has 0 spiro atoms. The van der Waals surface area contributed by atoms with Gasteiger partial charge in [-0.05, 0) is 12.1 Å². The summed E-state index contributed by atoms with van der Waals surface area (Å²) in [5.74, 6) is 1.96. The molecular weight excluding hydrogens is 270 g/mol. The first-order valence-corrected chi connectivity index (χ1v) is 5.63. The van der Waals surface area contributed by atoms with Crippen LogP contribution in [0.15, 0.2) is 18.2 Å². The van der Waals surface area contributed by atoms with Crippen LogP contribution in [0, 0.1) is 12.3 Å². The molecule has 7 heteroatoms. The molecule has 20 heavy (non-hydrogen) atoms. The quantitative estimate of drug-likeness (QED) is 0.588. The van der Waals surface area contributed by atoms with Crippen molar-refractivity contribution in [2.24, 2.45) is 0 Å². The molecule has 2 N–H and O–H groups in total. The third-order valence-electron chi connectivity index (χ3n) is 2.18. The van der Waals surface area contributed by atoms with E-state index in [0.29, 0.717) is 5.69 Å². The molecule has 0 saturated heterocycles. The minimum absolute atomic E-state index is 0.0151. The van der Waals surface area contributed by atoms with Crippen LogP contribution in [0.3, 0.4) is 0 Å². The second-order valence-corrected chi connectivity index (χ2v) is 3.60. The van der Waals surface area contributed by atoms with Gasteiger partial charge in [0.1, 0.15) is 0 Å². The van der Waals surface area contributed by atoms with E-state index in [1.165, 1.54) is 25.3 Å². The molecule has 0 heterocycles. The number of hydrogen-bond acceptors (Lipinski definition) is 4. The Hall–Kier alpha value is -2.33. The fraction of sp³-hybridized carbons (Fsp3) is 0.308. The van der Waals surface area contributed by atoms with Crippen LogP contribution in [0.1, 0.15) is 0 Å². The van der Waals surface area contributed by atoms with E-state index in [4.69, 9.17) is 11.2 Å². The minimum Gasteiger partial charge on any atom is -0.493 e. The Balaban J connectivity index is 2.71. The number of ether oxygens (including phenoxy) is 2. The van der Waals surface area contributed by atoms with E-state index in [0.717, 1.165) is 0 Å². The molecule has 1 aromatic rings. The Morgan fingerprint density at radius 2 is 2.20 bits per heavy atom.